The van der Waals surface area contributed by atoms with Gasteiger partial charge in [0.05, 0.1) is 12.8 Å². The third kappa shape index (κ3) is 3.88. The van der Waals surface area contributed by atoms with Crippen LogP contribution in [0.2, 0.25) is 0 Å². The smallest absolute Gasteiger partial charge is 0.305 e. The lowest BCUT2D eigenvalue weighted by Crippen LogP contribution is -2.07. The molecule has 0 spiro atoms. The maximum atomic E-state index is 13.3. The van der Waals surface area contributed by atoms with Crippen LogP contribution in [0.15, 0.2) is 18.2 Å². The molecule has 1 aromatic rings. The first kappa shape index (κ1) is 12.5. The number of rotatable bonds is 5. The molecule has 0 amide bonds. The highest BCUT2D eigenvalue weighted by atomic mass is 19.1. The lowest BCUT2D eigenvalue weighted by Gasteiger charge is -2.07. The highest BCUT2D eigenvalue weighted by Gasteiger charge is 2.02. The van der Waals surface area contributed by atoms with Gasteiger partial charge in [0.25, 0.3) is 0 Å². The molecule has 0 saturated heterocycles. The van der Waals surface area contributed by atoms with Crippen molar-refractivity contribution in [2.24, 2.45) is 0 Å². The highest BCUT2D eigenvalue weighted by Crippen LogP contribution is 2.15. The average Bonchev–Trinajstić information content (AvgIpc) is 2.28. The molecule has 1 rings (SSSR count). The van der Waals surface area contributed by atoms with Gasteiger partial charge in [0.1, 0.15) is 5.82 Å². The van der Waals surface area contributed by atoms with Crippen LogP contribution in [0.4, 0.5) is 10.1 Å². The lowest BCUT2D eigenvalue weighted by atomic mass is 10.2. The summed E-state index contributed by atoms with van der Waals surface area (Å²) in [6, 6.07) is 4.89. The Hall–Kier alpha value is -1.58. The molecule has 0 aromatic heterocycles. The molecule has 3 nitrogen and oxygen atoms in total. The number of anilines is 1. The second-order valence-electron chi connectivity index (χ2n) is 3.59. The molecule has 0 aliphatic rings. The molecule has 0 aliphatic heterocycles. The monoisotopic (exact) mass is 225 g/mol. The number of halogens is 1. The predicted molar refractivity (Wildman–Crippen MR) is 60.9 cm³/mol. The summed E-state index contributed by atoms with van der Waals surface area (Å²) in [7, 11) is 1.36. The van der Waals surface area contributed by atoms with E-state index in [9.17, 15) is 9.18 Å². The van der Waals surface area contributed by atoms with E-state index >= 15 is 0 Å². The van der Waals surface area contributed by atoms with Gasteiger partial charge in [0.15, 0.2) is 0 Å². The normalized spacial score (nSPS) is 9.94. The second-order valence-corrected chi connectivity index (χ2v) is 3.59. The summed E-state index contributed by atoms with van der Waals surface area (Å²) in [5.74, 6) is -0.518. The summed E-state index contributed by atoms with van der Waals surface area (Å²) in [6.45, 7) is 2.45. The SMILES string of the molecule is COC(=O)CCCNc1cc(C)ccc1F. The van der Waals surface area contributed by atoms with E-state index in [2.05, 4.69) is 10.1 Å². The minimum Gasteiger partial charge on any atom is -0.469 e. The van der Waals surface area contributed by atoms with Gasteiger partial charge in [0.2, 0.25) is 0 Å². The summed E-state index contributed by atoms with van der Waals surface area (Å²) in [6.07, 6.45) is 0.969. The summed E-state index contributed by atoms with van der Waals surface area (Å²) in [5, 5.41) is 2.95. The zero-order valence-corrected chi connectivity index (χ0v) is 9.55. The number of aryl methyl sites for hydroxylation is 1. The topological polar surface area (TPSA) is 38.3 Å². The van der Waals surface area contributed by atoms with Crippen LogP contribution in [0.3, 0.4) is 0 Å². The minimum atomic E-state index is -0.274. The quantitative estimate of drug-likeness (QED) is 0.618. The maximum absolute atomic E-state index is 13.3. The Kier molecular flexibility index (Phi) is 4.76. The van der Waals surface area contributed by atoms with Crippen LogP contribution < -0.4 is 5.32 Å². The molecule has 0 unspecified atom stereocenters. The second kappa shape index (κ2) is 6.10. The number of carbonyl (C=O) groups excluding carboxylic acids is 1. The molecule has 0 radical (unpaired) electrons. The standard InChI is InChI=1S/C12H16FNO2/c1-9-5-6-10(13)11(8-9)14-7-3-4-12(15)16-2/h5-6,8,14H,3-4,7H2,1-2H3. The highest BCUT2D eigenvalue weighted by molar-refractivity contribution is 5.69. The summed E-state index contributed by atoms with van der Waals surface area (Å²) < 4.78 is 17.8. The van der Waals surface area contributed by atoms with E-state index in [0.29, 0.717) is 25.1 Å². The van der Waals surface area contributed by atoms with Crippen molar-refractivity contribution in [1.29, 1.82) is 0 Å². The van der Waals surface area contributed by atoms with Gasteiger partial charge in [0, 0.05) is 13.0 Å². The molecule has 0 bridgehead atoms. The first-order valence-electron chi connectivity index (χ1n) is 5.20. The van der Waals surface area contributed by atoms with Crippen LogP contribution >= 0.6 is 0 Å². The number of nitrogens with one attached hydrogen (secondary N) is 1. The van der Waals surface area contributed by atoms with E-state index in [1.165, 1.54) is 13.2 Å². The molecule has 0 fully saturated rings. The van der Waals surface area contributed by atoms with Crippen molar-refractivity contribution >= 4 is 11.7 Å². The molecule has 1 N–H and O–H groups in total. The maximum Gasteiger partial charge on any atom is 0.305 e. The van der Waals surface area contributed by atoms with E-state index in [1.54, 1.807) is 12.1 Å². The van der Waals surface area contributed by atoms with Crippen LogP contribution in [0.25, 0.3) is 0 Å². The zero-order chi connectivity index (χ0) is 12.0. The fourth-order valence-corrected chi connectivity index (χ4v) is 1.33. The van der Waals surface area contributed by atoms with Crippen LogP contribution in [-0.2, 0) is 9.53 Å². The Morgan fingerprint density at radius 3 is 2.94 bits per heavy atom. The summed E-state index contributed by atoms with van der Waals surface area (Å²) in [5.41, 5.74) is 1.47. The zero-order valence-electron chi connectivity index (χ0n) is 9.55. The molecule has 1 aromatic carbocycles. The van der Waals surface area contributed by atoms with E-state index in [-0.39, 0.29) is 11.8 Å². The average molecular weight is 225 g/mol. The Balaban J connectivity index is 2.37. The molecule has 16 heavy (non-hydrogen) atoms. The summed E-state index contributed by atoms with van der Waals surface area (Å²) >= 11 is 0. The largest absolute Gasteiger partial charge is 0.469 e. The fourth-order valence-electron chi connectivity index (χ4n) is 1.33. The number of carbonyl (C=O) groups is 1. The number of benzene rings is 1. The van der Waals surface area contributed by atoms with Crippen molar-refractivity contribution < 1.29 is 13.9 Å². The predicted octanol–water partition coefficient (Wildman–Crippen LogP) is 2.50. The molecule has 0 aliphatic carbocycles. The van der Waals surface area contributed by atoms with E-state index < -0.39 is 0 Å². The van der Waals surface area contributed by atoms with Crippen molar-refractivity contribution in [3.8, 4) is 0 Å². The van der Waals surface area contributed by atoms with Crippen molar-refractivity contribution in [2.45, 2.75) is 19.8 Å². The van der Waals surface area contributed by atoms with Gasteiger partial charge >= 0.3 is 5.97 Å². The van der Waals surface area contributed by atoms with Crippen LogP contribution in [0.5, 0.6) is 0 Å². The summed E-state index contributed by atoms with van der Waals surface area (Å²) in [4.78, 5) is 10.8. The van der Waals surface area contributed by atoms with Gasteiger partial charge in [-0.25, -0.2) is 4.39 Å². The number of methoxy groups -OCH3 is 1. The van der Waals surface area contributed by atoms with Crippen LogP contribution in [-0.4, -0.2) is 19.6 Å². The third-order valence-corrected chi connectivity index (χ3v) is 2.22. The lowest BCUT2D eigenvalue weighted by molar-refractivity contribution is -0.140. The molecular weight excluding hydrogens is 209 g/mol. The van der Waals surface area contributed by atoms with E-state index in [0.717, 1.165) is 5.56 Å². The van der Waals surface area contributed by atoms with Crippen LogP contribution in [0.1, 0.15) is 18.4 Å². The Morgan fingerprint density at radius 2 is 2.25 bits per heavy atom. The Bertz CT molecular complexity index is 366. The van der Waals surface area contributed by atoms with Crippen LogP contribution in [0, 0.1) is 12.7 Å². The van der Waals surface area contributed by atoms with E-state index in [4.69, 9.17) is 0 Å². The van der Waals surface area contributed by atoms with Gasteiger partial charge < -0.3 is 10.1 Å². The molecule has 0 atom stereocenters. The molecule has 0 heterocycles. The van der Waals surface area contributed by atoms with Gasteiger partial charge in [-0.05, 0) is 31.0 Å². The van der Waals surface area contributed by atoms with E-state index in [1.807, 2.05) is 6.92 Å². The first-order valence-corrected chi connectivity index (χ1v) is 5.20. The number of esters is 1. The number of hydrogen-bond donors (Lipinski definition) is 1. The molecular formula is C12H16FNO2. The van der Waals surface area contributed by atoms with Crippen molar-refractivity contribution in [3.63, 3.8) is 0 Å². The van der Waals surface area contributed by atoms with Gasteiger partial charge in [-0.1, -0.05) is 6.07 Å². The molecule has 4 heteroatoms. The third-order valence-electron chi connectivity index (χ3n) is 2.22. The van der Waals surface area contributed by atoms with Crippen molar-refractivity contribution in [1.82, 2.24) is 0 Å². The van der Waals surface area contributed by atoms with Gasteiger partial charge in [-0.3, -0.25) is 4.79 Å². The van der Waals surface area contributed by atoms with Gasteiger partial charge in [-0.2, -0.15) is 0 Å². The van der Waals surface area contributed by atoms with Gasteiger partial charge in [-0.15, -0.1) is 0 Å². The molecule has 88 valence electrons. The number of ether oxygens (including phenoxy) is 1. The first-order chi connectivity index (χ1) is 7.63. The minimum absolute atomic E-state index is 0.244. The number of hydrogen-bond acceptors (Lipinski definition) is 3. The van der Waals surface area contributed by atoms with Crippen molar-refractivity contribution in [2.75, 3.05) is 19.0 Å². The van der Waals surface area contributed by atoms with Crippen molar-refractivity contribution in [3.05, 3.63) is 29.6 Å². The Labute approximate surface area is 94.6 Å². The fraction of sp³-hybridized carbons (Fsp3) is 0.417. The Morgan fingerprint density at radius 1 is 1.50 bits per heavy atom. The molecule has 0 saturated carbocycles.